The molecule has 2 aromatic rings. The Labute approximate surface area is 84.6 Å². The number of aromatic nitrogens is 2. The van der Waals surface area contributed by atoms with Crippen LogP contribution in [0.2, 0.25) is 0 Å². The first kappa shape index (κ1) is 8.65. The van der Waals surface area contributed by atoms with Crippen LogP contribution in [0, 0.1) is 6.92 Å². The summed E-state index contributed by atoms with van der Waals surface area (Å²) < 4.78 is 4.27. The molecule has 0 radical (unpaired) electrons. The van der Waals surface area contributed by atoms with E-state index < -0.39 is 0 Å². The number of rotatable bonds is 2. The van der Waals surface area contributed by atoms with Gasteiger partial charge in [0.1, 0.15) is 0 Å². The van der Waals surface area contributed by atoms with E-state index in [0.29, 0.717) is 0 Å². The van der Waals surface area contributed by atoms with Crippen LogP contribution in [0.5, 0.6) is 0 Å². The molecule has 0 fully saturated rings. The second kappa shape index (κ2) is 3.43. The van der Waals surface area contributed by atoms with Crippen LogP contribution in [0.3, 0.4) is 0 Å². The number of hydrogen-bond donors (Lipinski definition) is 1. The summed E-state index contributed by atoms with van der Waals surface area (Å²) in [5, 5.41) is 8.03. The van der Waals surface area contributed by atoms with Gasteiger partial charge in [-0.2, -0.15) is 20.7 Å². The van der Waals surface area contributed by atoms with E-state index >= 15 is 0 Å². The largest absolute Gasteiger partial charge is 0.363 e. The zero-order valence-corrected chi connectivity index (χ0v) is 9.00. The highest BCUT2D eigenvalue weighted by molar-refractivity contribution is 7.10. The molecular formula is C8H9N3S2. The van der Waals surface area contributed by atoms with Gasteiger partial charge in [0, 0.05) is 29.5 Å². The van der Waals surface area contributed by atoms with E-state index in [0.717, 1.165) is 16.5 Å². The second-order valence-corrected chi connectivity index (χ2v) is 4.14. The Bertz CT molecular complexity index is 405. The lowest BCUT2D eigenvalue weighted by atomic mass is 10.2. The summed E-state index contributed by atoms with van der Waals surface area (Å²) in [6, 6.07) is 0. The SMILES string of the molecule is CNc1nc(-c2cscc2C)ns1. The van der Waals surface area contributed by atoms with E-state index in [9.17, 15) is 0 Å². The highest BCUT2D eigenvalue weighted by Crippen LogP contribution is 2.26. The molecule has 2 aromatic heterocycles. The van der Waals surface area contributed by atoms with Gasteiger partial charge in [0.25, 0.3) is 0 Å². The van der Waals surface area contributed by atoms with Crippen molar-refractivity contribution in [2.75, 3.05) is 12.4 Å². The Hall–Kier alpha value is -0.940. The molecule has 5 heteroatoms. The van der Waals surface area contributed by atoms with Crippen molar-refractivity contribution in [3.05, 3.63) is 16.3 Å². The molecule has 0 aliphatic rings. The normalized spacial score (nSPS) is 10.3. The molecule has 3 nitrogen and oxygen atoms in total. The minimum absolute atomic E-state index is 0.827. The third-order valence-electron chi connectivity index (χ3n) is 1.74. The fourth-order valence-corrected chi connectivity index (χ4v) is 2.38. The fourth-order valence-electron chi connectivity index (χ4n) is 1.02. The molecule has 0 unspecified atom stereocenters. The van der Waals surface area contributed by atoms with Gasteiger partial charge >= 0.3 is 0 Å². The van der Waals surface area contributed by atoms with Crippen LogP contribution in [0.4, 0.5) is 5.13 Å². The zero-order chi connectivity index (χ0) is 9.26. The van der Waals surface area contributed by atoms with Crippen molar-refractivity contribution in [3.63, 3.8) is 0 Å². The predicted molar refractivity (Wildman–Crippen MR) is 57.5 cm³/mol. The van der Waals surface area contributed by atoms with E-state index in [1.165, 1.54) is 17.1 Å². The van der Waals surface area contributed by atoms with Gasteiger partial charge in [0.15, 0.2) is 5.82 Å². The number of anilines is 1. The van der Waals surface area contributed by atoms with Gasteiger partial charge in [-0.25, -0.2) is 0 Å². The molecule has 0 spiro atoms. The maximum absolute atomic E-state index is 4.34. The number of hydrogen-bond acceptors (Lipinski definition) is 5. The molecule has 0 aliphatic heterocycles. The minimum atomic E-state index is 0.827. The fraction of sp³-hybridized carbons (Fsp3) is 0.250. The summed E-state index contributed by atoms with van der Waals surface area (Å²) >= 11 is 3.07. The molecule has 0 bridgehead atoms. The van der Waals surface area contributed by atoms with Gasteiger partial charge in [-0.3, -0.25) is 0 Å². The first-order valence-corrected chi connectivity index (χ1v) is 5.57. The summed E-state index contributed by atoms with van der Waals surface area (Å²) in [4.78, 5) is 4.34. The molecule has 0 aromatic carbocycles. The van der Waals surface area contributed by atoms with Crippen molar-refractivity contribution in [1.82, 2.24) is 9.36 Å². The maximum atomic E-state index is 4.34. The molecule has 2 heterocycles. The quantitative estimate of drug-likeness (QED) is 0.829. The highest BCUT2D eigenvalue weighted by Gasteiger charge is 2.08. The van der Waals surface area contributed by atoms with E-state index in [-0.39, 0.29) is 0 Å². The second-order valence-electron chi connectivity index (χ2n) is 2.64. The van der Waals surface area contributed by atoms with Crippen molar-refractivity contribution >= 4 is 28.0 Å². The van der Waals surface area contributed by atoms with E-state index in [1.807, 2.05) is 7.05 Å². The topological polar surface area (TPSA) is 37.8 Å². The minimum Gasteiger partial charge on any atom is -0.363 e. The Morgan fingerprint density at radius 1 is 1.38 bits per heavy atom. The first-order chi connectivity index (χ1) is 6.31. The summed E-state index contributed by atoms with van der Waals surface area (Å²) in [5.74, 6) is 0.827. The Morgan fingerprint density at radius 2 is 2.23 bits per heavy atom. The van der Waals surface area contributed by atoms with Crippen LogP contribution in [0.1, 0.15) is 5.56 Å². The maximum Gasteiger partial charge on any atom is 0.202 e. The molecule has 2 rings (SSSR count). The van der Waals surface area contributed by atoms with E-state index in [4.69, 9.17) is 0 Å². The summed E-state index contributed by atoms with van der Waals surface area (Å²) in [7, 11) is 1.85. The molecular weight excluding hydrogens is 202 g/mol. The summed E-state index contributed by atoms with van der Waals surface area (Å²) in [6.07, 6.45) is 0. The molecule has 0 atom stereocenters. The lowest BCUT2D eigenvalue weighted by Crippen LogP contribution is -1.86. The number of aryl methyl sites for hydroxylation is 1. The van der Waals surface area contributed by atoms with Gasteiger partial charge in [0.2, 0.25) is 5.13 Å². The molecule has 0 saturated heterocycles. The average Bonchev–Trinajstić information content (AvgIpc) is 2.71. The third kappa shape index (κ3) is 1.57. The van der Waals surface area contributed by atoms with Crippen LogP contribution < -0.4 is 5.32 Å². The summed E-state index contributed by atoms with van der Waals surface area (Å²) in [6.45, 7) is 2.08. The van der Waals surface area contributed by atoms with Crippen molar-refractivity contribution in [3.8, 4) is 11.4 Å². The molecule has 0 saturated carbocycles. The van der Waals surface area contributed by atoms with Gasteiger partial charge in [-0.15, -0.1) is 0 Å². The van der Waals surface area contributed by atoms with Crippen LogP contribution >= 0.6 is 22.9 Å². The highest BCUT2D eigenvalue weighted by atomic mass is 32.1. The number of nitrogens with one attached hydrogen (secondary N) is 1. The standard InChI is InChI=1S/C8H9N3S2/c1-5-3-12-4-6(5)7-10-8(9-2)13-11-7/h3-4H,1-2H3,(H,9,10,11). The van der Waals surface area contributed by atoms with E-state index in [1.54, 1.807) is 11.3 Å². The monoisotopic (exact) mass is 211 g/mol. The molecule has 1 N–H and O–H groups in total. The van der Waals surface area contributed by atoms with Crippen LogP contribution in [0.25, 0.3) is 11.4 Å². The number of nitrogens with zero attached hydrogens (tertiary/aromatic N) is 2. The van der Waals surface area contributed by atoms with Gasteiger partial charge < -0.3 is 5.32 Å². The van der Waals surface area contributed by atoms with Crippen LogP contribution in [-0.2, 0) is 0 Å². The van der Waals surface area contributed by atoms with Crippen molar-refractivity contribution < 1.29 is 0 Å². The van der Waals surface area contributed by atoms with Gasteiger partial charge in [-0.05, 0) is 17.9 Å². The van der Waals surface area contributed by atoms with Gasteiger partial charge in [0.05, 0.1) is 0 Å². The lowest BCUT2D eigenvalue weighted by Gasteiger charge is -1.90. The zero-order valence-electron chi connectivity index (χ0n) is 7.37. The average molecular weight is 211 g/mol. The molecule has 13 heavy (non-hydrogen) atoms. The Kier molecular flexibility index (Phi) is 2.28. The first-order valence-electron chi connectivity index (χ1n) is 3.86. The summed E-state index contributed by atoms with van der Waals surface area (Å²) in [5.41, 5.74) is 2.38. The third-order valence-corrected chi connectivity index (χ3v) is 3.33. The lowest BCUT2D eigenvalue weighted by molar-refractivity contribution is 1.30. The van der Waals surface area contributed by atoms with Gasteiger partial charge in [-0.1, -0.05) is 0 Å². The van der Waals surface area contributed by atoms with Crippen molar-refractivity contribution in [1.29, 1.82) is 0 Å². The van der Waals surface area contributed by atoms with Crippen LogP contribution in [0.15, 0.2) is 10.8 Å². The Morgan fingerprint density at radius 3 is 2.77 bits per heavy atom. The Balaban J connectivity index is 2.41. The predicted octanol–water partition coefficient (Wildman–Crippen LogP) is 2.62. The molecule has 68 valence electrons. The van der Waals surface area contributed by atoms with Crippen molar-refractivity contribution in [2.45, 2.75) is 6.92 Å². The van der Waals surface area contributed by atoms with Crippen LogP contribution in [-0.4, -0.2) is 16.4 Å². The van der Waals surface area contributed by atoms with Crippen molar-refractivity contribution in [2.24, 2.45) is 0 Å². The molecule has 0 amide bonds. The molecule has 0 aliphatic carbocycles. The number of thiophene rings is 1. The smallest absolute Gasteiger partial charge is 0.202 e. The van der Waals surface area contributed by atoms with E-state index in [2.05, 4.69) is 32.4 Å².